The minimum absolute atomic E-state index is 0.0526. The standard InChI is InChI=1S/C16H14ClN3O3S/c17-14-3-1-2-13(8-14)9-18-19-16(21)11-24-10-12-4-6-15(7-5-12)20(22)23/h1-9H,10-11H2,(H,19,21)/b18-9+. The minimum Gasteiger partial charge on any atom is -0.272 e. The molecular weight excluding hydrogens is 350 g/mol. The van der Waals surface area contributed by atoms with Gasteiger partial charge in [0, 0.05) is 22.9 Å². The molecule has 0 aromatic heterocycles. The molecule has 0 saturated carbocycles. The maximum absolute atomic E-state index is 11.7. The van der Waals surface area contributed by atoms with Gasteiger partial charge in [0.1, 0.15) is 0 Å². The van der Waals surface area contributed by atoms with Crippen molar-refractivity contribution < 1.29 is 9.72 Å². The monoisotopic (exact) mass is 363 g/mol. The van der Waals surface area contributed by atoms with Gasteiger partial charge in [0.15, 0.2) is 0 Å². The first-order valence-electron chi connectivity index (χ1n) is 6.93. The fourth-order valence-electron chi connectivity index (χ4n) is 1.77. The number of hydrogen-bond acceptors (Lipinski definition) is 5. The van der Waals surface area contributed by atoms with Crippen LogP contribution in [0.5, 0.6) is 0 Å². The maximum atomic E-state index is 11.7. The van der Waals surface area contributed by atoms with Gasteiger partial charge in [0.25, 0.3) is 5.69 Å². The van der Waals surface area contributed by atoms with Crippen LogP contribution < -0.4 is 5.43 Å². The van der Waals surface area contributed by atoms with Gasteiger partial charge in [-0.2, -0.15) is 5.10 Å². The summed E-state index contributed by atoms with van der Waals surface area (Å²) in [6.45, 7) is 0. The van der Waals surface area contributed by atoms with Gasteiger partial charge in [-0.1, -0.05) is 35.9 Å². The van der Waals surface area contributed by atoms with Crippen molar-refractivity contribution in [2.24, 2.45) is 5.10 Å². The Bertz CT molecular complexity index is 750. The van der Waals surface area contributed by atoms with Gasteiger partial charge in [-0.25, -0.2) is 5.43 Å². The van der Waals surface area contributed by atoms with Crippen LogP contribution in [0.25, 0.3) is 0 Å². The molecule has 0 aliphatic carbocycles. The summed E-state index contributed by atoms with van der Waals surface area (Å²) in [5.74, 6) is 0.605. The highest BCUT2D eigenvalue weighted by Gasteiger charge is 2.05. The summed E-state index contributed by atoms with van der Waals surface area (Å²) in [5.41, 5.74) is 4.20. The Labute approximate surface area is 148 Å². The van der Waals surface area contributed by atoms with Crippen molar-refractivity contribution in [2.45, 2.75) is 5.75 Å². The second-order valence-electron chi connectivity index (χ2n) is 4.76. The van der Waals surface area contributed by atoms with Crippen molar-refractivity contribution in [3.05, 3.63) is 74.8 Å². The van der Waals surface area contributed by atoms with Crippen LogP contribution in [0.3, 0.4) is 0 Å². The van der Waals surface area contributed by atoms with Crippen molar-refractivity contribution in [1.82, 2.24) is 5.43 Å². The van der Waals surface area contributed by atoms with Gasteiger partial charge in [0.05, 0.1) is 16.9 Å². The molecule has 0 fully saturated rings. The molecule has 0 radical (unpaired) electrons. The molecule has 0 saturated heterocycles. The molecule has 2 rings (SSSR count). The van der Waals surface area contributed by atoms with Crippen molar-refractivity contribution in [2.75, 3.05) is 5.75 Å². The Morgan fingerprint density at radius 2 is 2.04 bits per heavy atom. The van der Waals surface area contributed by atoms with E-state index < -0.39 is 4.92 Å². The first-order valence-corrected chi connectivity index (χ1v) is 8.46. The summed E-state index contributed by atoms with van der Waals surface area (Å²) in [7, 11) is 0. The van der Waals surface area contributed by atoms with E-state index in [0.717, 1.165) is 11.1 Å². The number of non-ortho nitro benzene ring substituents is 1. The van der Waals surface area contributed by atoms with E-state index in [2.05, 4.69) is 10.5 Å². The lowest BCUT2D eigenvalue weighted by molar-refractivity contribution is -0.384. The number of nitro benzene ring substituents is 1. The van der Waals surface area contributed by atoms with Crippen molar-refractivity contribution in [3.8, 4) is 0 Å². The number of carbonyl (C=O) groups is 1. The lowest BCUT2D eigenvalue weighted by atomic mass is 10.2. The Morgan fingerprint density at radius 3 is 2.71 bits per heavy atom. The summed E-state index contributed by atoms with van der Waals surface area (Å²) in [5, 5.41) is 15.0. The highest BCUT2D eigenvalue weighted by molar-refractivity contribution is 7.99. The lowest BCUT2D eigenvalue weighted by Gasteiger charge is -2.01. The number of halogens is 1. The Balaban J connectivity index is 1.72. The zero-order valence-corrected chi connectivity index (χ0v) is 14.1. The van der Waals surface area contributed by atoms with E-state index in [-0.39, 0.29) is 17.3 Å². The lowest BCUT2D eigenvalue weighted by Crippen LogP contribution is -2.19. The quantitative estimate of drug-likeness (QED) is 0.462. The summed E-state index contributed by atoms with van der Waals surface area (Å²) >= 11 is 7.25. The number of hydrogen-bond donors (Lipinski definition) is 1. The highest BCUT2D eigenvalue weighted by atomic mass is 35.5. The number of carbonyl (C=O) groups excluding carboxylic acids is 1. The Kier molecular flexibility index (Phi) is 6.77. The summed E-state index contributed by atoms with van der Waals surface area (Å²) in [6, 6.07) is 13.4. The molecule has 0 bridgehead atoms. The molecule has 6 nitrogen and oxygen atoms in total. The van der Waals surface area contributed by atoms with Crippen LogP contribution in [0.4, 0.5) is 5.69 Å². The second-order valence-corrected chi connectivity index (χ2v) is 6.19. The smallest absolute Gasteiger partial charge is 0.269 e. The summed E-state index contributed by atoms with van der Waals surface area (Å²) in [4.78, 5) is 21.8. The van der Waals surface area contributed by atoms with Crippen LogP contribution >= 0.6 is 23.4 Å². The molecule has 0 aliphatic rings. The molecule has 2 aromatic carbocycles. The number of hydrazone groups is 1. The number of amides is 1. The molecule has 0 aliphatic heterocycles. The SMILES string of the molecule is O=C(CSCc1ccc([N+](=O)[O-])cc1)N/N=C/c1cccc(Cl)c1. The summed E-state index contributed by atoms with van der Waals surface area (Å²) in [6.07, 6.45) is 1.52. The first-order chi connectivity index (χ1) is 11.5. The Morgan fingerprint density at radius 1 is 1.29 bits per heavy atom. The number of nitro groups is 1. The van der Waals surface area contributed by atoms with Crippen LogP contribution in [0.1, 0.15) is 11.1 Å². The maximum Gasteiger partial charge on any atom is 0.269 e. The fourth-order valence-corrected chi connectivity index (χ4v) is 2.75. The molecule has 8 heteroatoms. The third-order valence-corrected chi connectivity index (χ3v) is 4.14. The molecule has 0 atom stereocenters. The zero-order valence-electron chi connectivity index (χ0n) is 12.5. The van der Waals surface area contributed by atoms with Gasteiger partial charge in [-0.3, -0.25) is 14.9 Å². The van der Waals surface area contributed by atoms with E-state index in [4.69, 9.17) is 11.6 Å². The topological polar surface area (TPSA) is 84.6 Å². The predicted octanol–water partition coefficient (Wildman–Crippen LogP) is 3.63. The number of nitrogens with one attached hydrogen (secondary N) is 1. The average Bonchev–Trinajstić information content (AvgIpc) is 2.55. The molecule has 0 heterocycles. The van der Waals surface area contributed by atoms with E-state index in [0.29, 0.717) is 10.8 Å². The van der Waals surface area contributed by atoms with Crippen molar-refractivity contribution >= 4 is 41.2 Å². The highest BCUT2D eigenvalue weighted by Crippen LogP contribution is 2.16. The summed E-state index contributed by atoms with van der Waals surface area (Å²) < 4.78 is 0. The average molecular weight is 364 g/mol. The van der Waals surface area contributed by atoms with Crippen LogP contribution in [0.2, 0.25) is 5.02 Å². The molecular formula is C16H14ClN3O3S. The Hall–Kier alpha value is -2.38. The number of benzene rings is 2. The number of nitrogens with zero attached hydrogens (tertiary/aromatic N) is 2. The van der Waals surface area contributed by atoms with E-state index in [1.54, 1.807) is 30.3 Å². The second kappa shape index (κ2) is 9.05. The molecule has 124 valence electrons. The van der Waals surface area contributed by atoms with Crippen LogP contribution in [0.15, 0.2) is 53.6 Å². The van der Waals surface area contributed by atoms with Gasteiger partial charge in [-0.05, 0) is 23.3 Å². The minimum atomic E-state index is -0.442. The molecule has 2 aromatic rings. The van der Waals surface area contributed by atoms with Crippen LogP contribution in [-0.4, -0.2) is 22.8 Å². The third kappa shape index (κ3) is 6.02. The molecule has 1 amide bonds. The van der Waals surface area contributed by atoms with E-state index in [9.17, 15) is 14.9 Å². The molecule has 24 heavy (non-hydrogen) atoms. The predicted molar refractivity (Wildman–Crippen MR) is 96.4 cm³/mol. The largest absolute Gasteiger partial charge is 0.272 e. The normalized spacial score (nSPS) is 10.7. The molecule has 1 N–H and O–H groups in total. The number of rotatable bonds is 7. The van der Waals surface area contributed by atoms with Gasteiger partial charge >= 0.3 is 0 Å². The van der Waals surface area contributed by atoms with Crippen LogP contribution in [0, 0.1) is 10.1 Å². The van der Waals surface area contributed by atoms with Crippen molar-refractivity contribution in [3.63, 3.8) is 0 Å². The fraction of sp³-hybridized carbons (Fsp3) is 0.125. The van der Waals surface area contributed by atoms with Crippen molar-refractivity contribution in [1.29, 1.82) is 0 Å². The van der Waals surface area contributed by atoms with Crippen LogP contribution in [-0.2, 0) is 10.5 Å². The molecule has 0 spiro atoms. The zero-order chi connectivity index (χ0) is 17.4. The first kappa shape index (κ1) is 18.0. The molecule has 0 unspecified atom stereocenters. The number of thioether (sulfide) groups is 1. The van der Waals surface area contributed by atoms with Gasteiger partial charge < -0.3 is 0 Å². The van der Waals surface area contributed by atoms with E-state index >= 15 is 0 Å². The van der Waals surface area contributed by atoms with E-state index in [1.807, 2.05) is 6.07 Å². The van der Waals surface area contributed by atoms with Gasteiger partial charge in [0.2, 0.25) is 5.91 Å². The third-order valence-electron chi connectivity index (χ3n) is 2.90. The van der Waals surface area contributed by atoms with Gasteiger partial charge in [-0.15, -0.1) is 11.8 Å². The van der Waals surface area contributed by atoms with E-state index in [1.165, 1.54) is 30.1 Å².